The lowest BCUT2D eigenvalue weighted by atomic mass is 10.1. The average molecular weight is 290 g/mol. The fourth-order valence-electron chi connectivity index (χ4n) is 1.93. The molecule has 2 rings (SSSR count). The maximum Gasteiger partial charge on any atom is 0.255 e. The standard InChI is InChI=1S/C15H18N2O4/c1-19-12-5-6-13(14(8-12)20-2)15(18)16-7-3-4-11-9-17-21-10-11/h5-6,8-10H,3-4,7H2,1-2H3,(H,16,18). The van der Waals surface area contributed by atoms with E-state index in [-0.39, 0.29) is 5.91 Å². The summed E-state index contributed by atoms with van der Waals surface area (Å²) in [5.41, 5.74) is 1.51. The van der Waals surface area contributed by atoms with Crippen molar-refractivity contribution in [2.24, 2.45) is 0 Å². The first-order valence-corrected chi connectivity index (χ1v) is 6.63. The minimum Gasteiger partial charge on any atom is -0.497 e. The van der Waals surface area contributed by atoms with Crippen molar-refractivity contribution in [2.45, 2.75) is 12.8 Å². The molecule has 112 valence electrons. The Kier molecular flexibility index (Phi) is 5.20. The molecule has 1 aromatic carbocycles. The lowest BCUT2D eigenvalue weighted by Crippen LogP contribution is -2.25. The first-order chi connectivity index (χ1) is 10.2. The zero-order valence-corrected chi connectivity index (χ0v) is 12.1. The number of hydrogen-bond donors (Lipinski definition) is 1. The average Bonchev–Trinajstić information content (AvgIpc) is 3.04. The van der Waals surface area contributed by atoms with Gasteiger partial charge in [0, 0.05) is 18.2 Å². The topological polar surface area (TPSA) is 73.6 Å². The lowest BCUT2D eigenvalue weighted by Gasteiger charge is -2.10. The molecule has 2 aromatic rings. The van der Waals surface area contributed by atoms with Crippen molar-refractivity contribution in [2.75, 3.05) is 20.8 Å². The van der Waals surface area contributed by atoms with Crippen LogP contribution < -0.4 is 14.8 Å². The van der Waals surface area contributed by atoms with Crippen LogP contribution >= 0.6 is 0 Å². The molecule has 6 nitrogen and oxygen atoms in total. The Labute approximate surface area is 123 Å². The number of aromatic nitrogens is 1. The van der Waals surface area contributed by atoms with E-state index in [1.807, 2.05) is 0 Å². The van der Waals surface area contributed by atoms with Crippen molar-refractivity contribution in [3.63, 3.8) is 0 Å². The summed E-state index contributed by atoms with van der Waals surface area (Å²) in [4.78, 5) is 12.1. The number of carbonyl (C=O) groups is 1. The summed E-state index contributed by atoms with van der Waals surface area (Å²) in [6.45, 7) is 0.569. The molecular weight excluding hydrogens is 272 g/mol. The minimum atomic E-state index is -0.167. The van der Waals surface area contributed by atoms with E-state index in [4.69, 9.17) is 14.0 Å². The zero-order chi connectivity index (χ0) is 15.1. The van der Waals surface area contributed by atoms with Crippen LogP contribution in [0, 0.1) is 0 Å². The van der Waals surface area contributed by atoms with Crippen LogP contribution in [-0.2, 0) is 6.42 Å². The fraction of sp³-hybridized carbons (Fsp3) is 0.333. The van der Waals surface area contributed by atoms with Gasteiger partial charge in [0.2, 0.25) is 0 Å². The number of benzene rings is 1. The first kappa shape index (κ1) is 14.9. The number of aryl methyl sites for hydroxylation is 1. The van der Waals surface area contributed by atoms with Crippen LogP contribution in [0.1, 0.15) is 22.3 Å². The number of rotatable bonds is 7. The van der Waals surface area contributed by atoms with Gasteiger partial charge in [0.25, 0.3) is 5.91 Å². The molecule has 0 saturated carbocycles. The van der Waals surface area contributed by atoms with Gasteiger partial charge in [-0.05, 0) is 25.0 Å². The van der Waals surface area contributed by atoms with Gasteiger partial charge >= 0.3 is 0 Å². The van der Waals surface area contributed by atoms with Crippen LogP contribution in [0.2, 0.25) is 0 Å². The third kappa shape index (κ3) is 3.98. The Morgan fingerprint density at radius 1 is 1.33 bits per heavy atom. The molecule has 0 aliphatic heterocycles. The Morgan fingerprint density at radius 2 is 2.19 bits per heavy atom. The molecular formula is C15H18N2O4. The Bertz CT molecular complexity index is 581. The molecule has 1 amide bonds. The maximum absolute atomic E-state index is 12.1. The van der Waals surface area contributed by atoms with Crippen molar-refractivity contribution in [3.8, 4) is 11.5 Å². The number of carbonyl (C=O) groups excluding carboxylic acids is 1. The second-order valence-corrected chi connectivity index (χ2v) is 4.46. The number of ether oxygens (including phenoxy) is 2. The van der Waals surface area contributed by atoms with E-state index in [0.717, 1.165) is 18.4 Å². The van der Waals surface area contributed by atoms with Gasteiger partial charge in [-0.2, -0.15) is 0 Å². The van der Waals surface area contributed by atoms with Gasteiger partial charge in [-0.3, -0.25) is 4.79 Å². The largest absolute Gasteiger partial charge is 0.497 e. The molecule has 0 aliphatic carbocycles. The zero-order valence-electron chi connectivity index (χ0n) is 12.1. The number of nitrogens with one attached hydrogen (secondary N) is 1. The predicted molar refractivity (Wildman–Crippen MR) is 76.7 cm³/mol. The summed E-state index contributed by atoms with van der Waals surface area (Å²) >= 11 is 0. The molecule has 0 saturated heterocycles. The molecule has 0 unspecified atom stereocenters. The molecule has 0 atom stereocenters. The van der Waals surface area contributed by atoms with E-state index in [9.17, 15) is 4.79 Å². The van der Waals surface area contributed by atoms with E-state index in [2.05, 4.69) is 10.5 Å². The van der Waals surface area contributed by atoms with Gasteiger partial charge in [-0.25, -0.2) is 0 Å². The van der Waals surface area contributed by atoms with Crippen molar-refractivity contribution in [3.05, 3.63) is 41.8 Å². The molecule has 0 spiro atoms. The summed E-state index contributed by atoms with van der Waals surface area (Å²) in [5, 5.41) is 6.49. The van der Waals surface area contributed by atoms with Crippen LogP contribution in [0.4, 0.5) is 0 Å². The molecule has 0 fully saturated rings. The second kappa shape index (κ2) is 7.33. The highest BCUT2D eigenvalue weighted by Gasteiger charge is 2.12. The highest BCUT2D eigenvalue weighted by atomic mass is 16.5. The first-order valence-electron chi connectivity index (χ1n) is 6.63. The van der Waals surface area contributed by atoms with Gasteiger partial charge in [0.15, 0.2) is 0 Å². The van der Waals surface area contributed by atoms with E-state index in [1.54, 1.807) is 37.8 Å². The third-order valence-corrected chi connectivity index (χ3v) is 3.06. The minimum absolute atomic E-state index is 0.167. The van der Waals surface area contributed by atoms with E-state index in [0.29, 0.717) is 23.6 Å². The van der Waals surface area contributed by atoms with Gasteiger partial charge in [-0.1, -0.05) is 5.16 Å². The fourth-order valence-corrected chi connectivity index (χ4v) is 1.93. The molecule has 6 heteroatoms. The van der Waals surface area contributed by atoms with Gasteiger partial charge in [-0.15, -0.1) is 0 Å². The van der Waals surface area contributed by atoms with Crippen LogP contribution in [0.15, 0.2) is 35.2 Å². The normalized spacial score (nSPS) is 10.2. The number of amides is 1. The second-order valence-electron chi connectivity index (χ2n) is 4.46. The Balaban J connectivity index is 1.87. The molecule has 1 aromatic heterocycles. The molecule has 0 radical (unpaired) electrons. The van der Waals surface area contributed by atoms with Crippen LogP contribution in [0.25, 0.3) is 0 Å². The monoisotopic (exact) mass is 290 g/mol. The van der Waals surface area contributed by atoms with Crippen molar-refractivity contribution < 1.29 is 18.8 Å². The molecule has 0 bridgehead atoms. The number of hydrogen-bond acceptors (Lipinski definition) is 5. The van der Waals surface area contributed by atoms with Crippen molar-refractivity contribution in [1.29, 1.82) is 0 Å². The maximum atomic E-state index is 12.1. The quantitative estimate of drug-likeness (QED) is 0.790. The lowest BCUT2D eigenvalue weighted by molar-refractivity contribution is 0.0950. The summed E-state index contributed by atoms with van der Waals surface area (Å²) in [7, 11) is 3.09. The van der Waals surface area contributed by atoms with E-state index in [1.165, 1.54) is 7.11 Å². The highest BCUT2D eigenvalue weighted by Crippen LogP contribution is 2.24. The van der Waals surface area contributed by atoms with Crippen LogP contribution in [-0.4, -0.2) is 31.8 Å². The van der Waals surface area contributed by atoms with Crippen LogP contribution in [0.3, 0.4) is 0 Å². The van der Waals surface area contributed by atoms with Crippen molar-refractivity contribution >= 4 is 5.91 Å². The van der Waals surface area contributed by atoms with Gasteiger partial charge in [0.05, 0.1) is 26.0 Å². The summed E-state index contributed by atoms with van der Waals surface area (Å²) in [5.74, 6) is 0.974. The summed E-state index contributed by atoms with van der Waals surface area (Å²) < 4.78 is 15.1. The number of methoxy groups -OCH3 is 2. The molecule has 1 N–H and O–H groups in total. The van der Waals surface area contributed by atoms with Gasteiger partial charge in [0.1, 0.15) is 17.8 Å². The third-order valence-electron chi connectivity index (χ3n) is 3.06. The number of nitrogens with zero attached hydrogens (tertiary/aromatic N) is 1. The van der Waals surface area contributed by atoms with E-state index >= 15 is 0 Å². The van der Waals surface area contributed by atoms with Gasteiger partial charge < -0.3 is 19.3 Å². The Morgan fingerprint density at radius 3 is 2.86 bits per heavy atom. The summed E-state index contributed by atoms with van der Waals surface area (Å²) in [6, 6.07) is 5.10. The van der Waals surface area contributed by atoms with Crippen molar-refractivity contribution in [1.82, 2.24) is 10.5 Å². The van der Waals surface area contributed by atoms with Crippen LogP contribution in [0.5, 0.6) is 11.5 Å². The Hall–Kier alpha value is -2.50. The predicted octanol–water partition coefficient (Wildman–Crippen LogP) is 2.05. The SMILES string of the molecule is COc1ccc(C(=O)NCCCc2cnoc2)c(OC)c1. The molecule has 1 heterocycles. The molecule has 0 aliphatic rings. The molecule has 21 heavy (non-hydrogen) atoms. The summed E-state index contributed by atoms with van der Waals surface area (Å²) in [6.07, 6.45) is 4.90. The smallest absolute Gasteiger partial charge is 0.255 e. The van der Waals surface area contributed by atoms with E-state index < -0.39 is 0 Å². The highest BCUT2D eigenvalue weighted by molar-refractivity contribution is 5.97.